The van der Waals surface area contributed by atoms with E-state index in [-0.39, 0.29) is 29.4 Å². The zero-order chi connectivity index (χ0) is 18.3. The molecule has 25 heavy (non-hydrogen) atoms. The minimum absolute atomic E-state index is 0.150. The SMILES string of the molecule is CC(C)NS(=O)(=O)c1ccc(NC(=O)CCOCC2CCCO2)cc1. The van der Waals surface area contributed by atoms with E-state index in [1.807, 2.05) is 0 Å². The molecule has 140 valence electrons. The molecule has 1 aromatic rings. The molecule has 0 bridgehead atoms. The Labute approximate surface area is 149 Å². The van der Waals surface area contributed by atoms with E-state index < -0.39 is 10.0 Å². The fourth-order valence-corrected chi connectivity index (χ4v) is 3.73. The van der Waals surface area contributed by atoms with Crippen LogP contribution in [0, 0.1) is 0 Å². The van der Waals surface area contributed by atoms with Crippen LogP contribution in [0.15, 0.2) is 29.2 Å². The molecule has 0 saturated carbocycles. The van der Waals surface area contributed by atoms with Crippen molar-refractivity contribution in [3.63, 3.8) is 0 Å². The molecule has 1 atom stereocenters. The van der Waals surface area contributed by atoms with Crippen molar-refractivity contribution in [1.82, 2.24) is 4.72 Å². The number of carbonyl (C=O) groups is 1. The highest BCUT2D eigenvalue weighted by Gasteiger charge is 2.16. The second-order valence-electron chi connectivity index (χ2n) is 6.31. The lowest BCUT2D eigenvalue weighted by atomic mass is 10.2. The molecule has 1 fully saturated rings. The zero-order valence-corrected chi connectivity index (χ0v) is 15.5. The smallest absolute Gasteiger partial charge is 0.240 e. The van der Waals surface area contributed by atoms with Crippen LogP contribution in [0.4, 0.5) is 5.69 Å². The number of hydrogen-bond donors (Lipinski definition) is 2. The third-order valence-electron chi connectivity index (χ3n) is 3.64. The van der Waals surface area contributed by atoms with Crippen molar-refractivity contribution in [2.45, 2.75) is 50.2 Å². The average molecular weight is 370 g/mol. The van der Waals surface area contributed by atoms with E-state index in [0.717, 1.165) is 19.4 Å². The molecule has 0 aromatic heterocycles. The third-order valence-corrected chi connectivity index (χ3v) is 5.31. The van der Waals surface area contributed by atoms with Gasteiger partial charge in [-0.2, -0.15) is 0 Å². The highest BCUT2D eigenvalue weighted by molar-refractivity contribution is 7.89. The summed E-state index contributed by atoms with van der Waals surface area (Å²) in [6, 6.07) is 5.89. The standard InChI is InChI=1S/C17H26N2O5S/c1-13(2)19-25(21,22)16-7-5-14(6-8-16)18-17(20)9-11-23-12-15-4-3-10-24-15/h5-8,13,15,19H,3-4,9-12H2,1-2H3,(H,18,20). The number of hydrogen-bond acceptors (Lipinski definition) is 5. The van der Waals surface area contributed by atoms with Crippen molar-refractivity contribution >= 4 is 21.6 Å². The Morgan fingerprint density at radius 2 is 2.04 bits per heavy atom. The van der Waals surface area contributed by atoms with E-state index >= 15 is 0 Å². The van der Waals surface area contributed by atoms with Gasteiger partial charge in [-0.3, -0.25) is 4.79 Å². The van der Waals surface area contributed by atoms with Crippen molar-refractivity contribution in [2.24, 2.45) is 0 Å². The second-order valence-corrected chi connectivity index (χ2v) is 8.02. The predicted octanol–water partition coefficient (Wildman–Crippen LogP) is 1.90. The van der Waals surface area contributed by atoms with E-state index in [1.54, 1.807) is 26.0 Å². The molecule has 0 aliphatic carbocycles. The Morgan fingerprint density at radius 1 is 1.32 bits per heavy atom. The van der Waals surface area contributed by atoms with E-state index in [1.165, 1.54) is 12.1 Å². The fraction of sp³-hybridized carbons (Fsp3) is 0.588. The van der Waals surface area contributed by atoms with Gasteiger partial charge in [0.2, 0.25) is 15.9 Å². The largest absolute Gasteiger partial charge is 0.378 e. The molecule has 1 unspecified atom stereocenters. The molecular formula is C17H26N2O5S. The van der Waals surface area contributed by atoms with Gasteiger partial charge in [-0.05, 0) is 51.0 Å². The van der Waals surface area contributed by atoms with Gasteiger partial charge in [-0.25, -0.2) is 13.1 Å². The molecule has 1 aliphatic heterocycles. The summed E-state index contributed by atoms with van der Waals surface area (Å²) in [7, 11) is -3.53. The Hall–Kier alpha value is -1.48. The summed E-state index contributed by atoms with van der Waals surface area (Å²) in [6.07, 6.45) is 2.46. The highest BCUT2D eigenvalue weighted by Crippen LogP contribution is 2.15. The molecule has 0 spiro atoms. The summed E-state index contributed by atoms with van der Waals surface area (Å²) in [6.45, 7) is 5.15. The lowest BCUT2D eigenvalue weighted by Crippen LogP contribution is -2.30. The molecule has 7 nitrogen and oxygen atoms in total. The molecule has 8 heteroatoms. The van der Waals surface area contributed by atoms with Crippen LogP contribution in [0.1, 0.15) is 33.1 Å². The van der Waals surface area contributed by atoms with Crippen molar-refractivity contribution in [3.8, 4) is 0 Å². The van der Waals surface area contributed by atoms with E-state index in [9.17, 15) is 13.2 Å². The van der Waals surface area contributed by atoms with E-state index in [2.05, 4.69) is 10.0 Å². The number of nitrogens with one attached hydrogen (secondary N) is 2. The Balaban J connectivity index is 1.75. The van der Waals surface area contributed by atoms with Crippen molar-refractivity contribution < 1.29 is 22.7 Å². The first-order valence-corrected chi connectivity index (χ1v) is 9.97. The minimum atomic E-state index is -3.53. The van der Waals surface area contributed by atoms with Crippen LogP contribution in [0.5, 0.6) is 0 Å². The number of ether oxygens (including phenoxy) is 2. The van der Waals surface area contributed by atoms with Gasteiger partial charge in [0, 0.05) is 18.3 Å². The molecule has 1 aromatic carbocycles. The van der Waals surface area contributed by atoms with E-state index in [0.29, 0.717) is 18.9 Å². The molecule has 1 saturated heterocycles. The normalized spacial score (nSPS) is 17.8. The van der Waals surface area contributed by atoms with Gasteiger partial charge in [0.05, 0.1) is 30.6 Å². The first kappa shape index (κ1) is 19.8. The predicted molar refractivity (Wildman–Crippen MR) is 94.9 cm³/mol. The number of anilines is 1. The number of amides is 1. The average Bonchev–Trinajstić information content (AvgIpc) is 3.04. The van der Waals surface area contributed by atoms with Gasteiger partial charge in [0.15, 0.2) is 0 Å². The van der Waals surface area contributed by atoms with Crippen LogP contribution in [0.3, 0.4) is 0 Å². The zero-order valence-electron chi connectivity index (χ0n) is 14.7. The van der Waals surface area contributed by atoms with Crippen molar-refractivity contribution in [3.05, 3.63) is 24.3 Å². The first-order chi connectivity index (χ1) is 11.9. The maximum Gasteiger partial charge on any atom is 0.240 e. The maximum atomic E-state index is 12.0. The van der Waals surface area contributed by atoms with Gasteiger partial charge in [-0.1, -0.05) is 0 Å². The first-order valence-electron chi connectivity index (χ1n) is 8.48. The van der Waals surface area contributed by atoms with Crippen LogP contribution in [0.25, 0.3) is 0 Å². The fourth-order valence-electron chi connectivity index (χ4n) is 2.47. The minimum Gasteiger partial charge on any atom is -0.378 e. The van der Waals surface area contributed by atoms with Crippen LogP contribution in [0.2, 0.25) is 0 Å². The van der Waals surface area contributed by atoms with Crippen LogP contribution in [-0.4, -0.2) is 46.3 Å². The summed E-state index contributed by atoms with van der Waals surface area (Å²) in [5.41, 5.74) is 0.549. The van der Waals surface area contributed by atoms with Crippen LogP contribution < -0.4 is 10.0 Å². The van der Waals surface area contributed by atoms with Gasteiger partial charge in [-0.15, -0.1) is 0 Å². The number of rotatable bonds is 9. The van der Waals surface area contributed by atoms with Gasteiger partial charge >= 0.3 is 0 Å². The van der Waals surface area contributed by atoms with Gasteiger partial charge in [0.25, 0.3) is 0 Å². The monoisotopic (exact) mass is 370 g/mol. The molecule has 1 heterocycles. The highest BCUT2D eigenvalue weighted by atomic mass is 32.2. The third kappa shape index (κ3) is 6.74. The number of benzene rings is 1. The Bertz CT molecular complexity index is 652. The molecule has 2 rings (SSSR count). The van der Waals surface area contributed by atoms with Crippen LogP contribution >= 0.6 is 0 Å². The summed E-state index contributed by atoms with van der Waals surface area (Å²) < 4.78 is 37.5. The molecular weight excluding hydrogens is 344 g/mol. The number of sulfonamides is 1. The summed E-state index contributed by atoms with van der Waals surface area (Å²) in [5, 5.41) is 2.72. The summed E-state index contributed by atoms with van der Waals surface area (Å²) >= 11 is 0. The maximum absolute atomic E-state index is 12.0. The van der Waals surface area contributed by atoms with Crippen molar-refractivity contribution in [1.29, 1.82) is 0 Å². The Kier molecular flexibility index (Phi) is 7.37. The summed E-state index contributed by atoms with van der Waals surface area (Å²) in [5.74, 6) is -0.178. The van der Waals surface area contributed by atoms with Gasteiger partial charge in [0.1, 0.15) is 0 Å². The lowest BCUT2D eigenvalue weighted by molar-refractivity contribution is -0.117. The molecule has 0 radical (unpaired) electrons. The van der Waals surface area contributed by atoms with Crippen molar-refractivity contribution in [2.75, 3.05) is 25.1 Å². The number of carbonyl (C=O) groups excluding carboxylic acids is 1. The molecule has 2 N–H and O–H groups in total. The lowest BCUT2D eigenvalue weighted by Gasteiger charge is -2.11. The van der Waals surface area contributed by atoms with E-state index in [4.69, 9.17) is 9.47 Å². The molecule has 1 aliphatic rings. The molecule has 1 amide bonds. The Morgan fingerprint density at radius 3 is 2.64 bits per heavy atom. The van der Waals surface area contributed by atoms with Gasteiger partial charge < -0.3 is 14.8 Å². The summed E-state index contributed by atoms with van der Waals surface area (Å²) in [4.78, 5) is 12.0. The van der Waals surface area contributed by atoms with Crippen LogP contribution in [-0.2, 0) is 24.3 Å². The quantitative estimate of drug-likeness (QED) is 0.648. The topological polar surface area (TPSA) is 93.7 Å². The second kappa shape index (κ2) is 9.28.